The molecule has 1 N–H and O–H groups in total. The molecular formula is C11H11Cl2NO4S. The number of carbonyl (C=O) groups is 1. The minimum atomic E-state index is -3.64. The van der Waals surface area contributed by atoms with Gasteiger partial charge in [0.25, 0.3) is 0 Å². The van der Waals surface area contributed by atoms with Crippen LogP contribution in [0.5, 0.6) is 0 Å². The Labute approximate surface area is 120 Å². The van der Waals surface area contributed by atoms with Gasteiger partial charge in [0.1, 0.15) is 11.9 Å². The Balaban J connectivity index is 2.21. The lowest BCUT2D eigenvalue weighted by Gasteiger charge is -2.37. The fourth-order valence-corrected chi connectivity index (χ4v) is 4.04. The summed E-state index contributed by atoms with van der Waals surface area (Å²) in [5.41, 5.74) is 0. The highest BCUT2D eigenvalue weighted by molar-refractivity contribution is 7.91. The van der Waals surface area contributed by atoms with E-state index < -0.39 is 21.8 Å². The highest BCUT2D eigenvalue weighted by Gasteiger charge is 2.37. The lowest BCUT2D eigenvalue weighted by molar-refractivity contribution is -0.147. The second kappa shape index (κ2) is 5.28. The van der Waals surface area contributed by atoms with E-state index in [0.29, 0.717) is 13.0 Å². The van der Waals surface area contributed by atoms with Crippen LogP contribution in [0.4, 0.5) is 0 Å². The summed E-state index contributed by atoms with van der Waals surface area (Å²) in [6.07, 6.45) is 0.459. The van der Waals surface area contributed by atoms with E-state index in [0.717, 1.165) is 0 Å². The van der Waals surface area contributed by atoms with Crippen LogP contribution in [-0.2, 0) is 14.6 Å². The minimum absolute atomic E-state index is 0.000962. The van der Waals surface area contributed by atoms with Gasteiger partial charge in [-0.3, -0.25) is 9.69 Å². The lowest BCUT2D eigenvalue weighted by Crippen LogP contribution is -2.53. The molecule has 5 nitrogen and oxygen atoms in total. The Morgan fingerprint density at radius 2 is 1.89 bits per heavy atom. The van der Waals surface area contributed by atoms with Gasteiger partial charge in [-0.2, -0.15) is 0 Å². The summed E-state index contributed by atoms with van der Waals surface area (Å²) in [7, 11) is -3.64. The first-order valence-electron chi connectivity index (χ1n) is 5.45. The minimum Gasteiger partial charge on any atom is -0.480 e. The number of carboxylic acid groups (broad SMARTS) is 1. The molecule has 0 bridgehead atoms. The van der Waals surface area contributed by atoms with E-state index in [9.17, 15) is 13.2 Å². The number of hydrogen-bond donors (Lipinski definition) is 1. The van der Waals surface area contributed by atoms with E-state index in [1.807, 2.05) is 0 Å². The van der Waals surface area contributed by atoms with Crippen molar-refractivity contribution in [2.75, 3.05) is 12.4 Å². The summed E-state index contributed by atoms with van der Waals surface area (Å²) in [5.74, 6) is -1.36. The first kappa shape index (κ1) is 14.6. The Morgan fingerprint density at radius 3 is 2.32 bits per heavy atom. The number of likely N-dealkylation sites (tertiary alicyclic amines) is 1. The van der Waals surface area contributed by atoms with Crippen molar-refractivity contribution in [3.63, 3.8) is 0 Å². The van der Waals surface area contributed by atoms with Gasteiger partial charge >= 0.3 is 5.97 Å². The van der Waals surface area contributed by atoms with Crippen molar-refractivity contribution in [2.24, 2.45) is 0 Å². The molecule has 1 aromatic carbocycles. The smallest absolute Gasteiger partial charge is 0.320 e. The molecule has 2 rings (SSSR count). The van der Waals surface area contributed by atoms with Crippen molar-refractivity contribution in [3.05, 3.63) is 28.2 Å². The topological polar surface area (TPSA) is 74.7 Å². The highest BCUT2D eigenvalue weighted by atomic mass is 35.5. The average Bonchev–Trinajstić information content (AvgIpc) is 2.22. The van der Waals surface area contributed by atoms with E-state index in [2.05, 4.69) is 0 Å². The molecule has 1 unspecified atom stereocenters. The molecule has 0 saturated carbocycles. The maximum atomic E-state index is 12.2. The number of sulfone groups is 1. The molecule has 1 saturated heterocycles. The third-order valence-electron chi connectivity index (χ3n) is 2.95. The Hall–Kier alpha value is -0.820. The van der Waals surface area contributed by atoms with Crippen LogP contribution in [0.25, 0.3) is 0 Å². The molecule has 0 aromatic heterocycles. The third-order valence-corrected chi connectivity index (χ3v) is 5.01. The fraction of sp³-hybridized carbons (Fsp3) is 0.364. The maximum Gasteiger partial charge on any atom is 0.320 e. The number of rotatable bonds is 4. The highest BCUT2D eigenvalue weighted by Crippen LogP contribution is 2.26. The number of nitrogens with zero attached hydrogens (tertiary/aromatic N) is 1. The standard InChI is InChI=1S/C11H11Cl2NO4S/c12-7-3-8(13)5-9(4-7)19(17,18)6-14-2-1-10(14)11(15)16/h3-5,10H,1-2,6H2,(H,15,16). The predicted molar refractivity (Wildman–Crippen MR) is 71.3 cm³/mol. The fourth-order valence-electron chi connectivity index (χ4n) is 1.88. The molecule has 0 radical (unpaired) electrons. The van der Waals surface area contributed by atoms with E-state index in [-0.39, 0.29) is 20.8 Å². The number of benzene rings is 1. The van der Waals surface area contributed by atoms with Crippen LogP contribution in [0.1, 0.15) is 6.42 Å². The van der Waals surface area contributed by atoms with Crippen LogP contribution in [0.2, 0.25) is 10.0 Å². The summed E-state index contributed by atoms with van der Waals surface area (Å²) in [4.78, 5) is 12.2. The van der Waals surface area contributed by atoms with Gasteiger partial charge in [-0.15, -0.1) is 0 Å². The van der Waals surface area contributed by atoms with Crippen molar-refractivity contribution in [1.29, 1.82) is 0 Å². The predicted octanol–water partition coefficient (Wildman–Crippen LogP) is 1.88. The Bertz CT molecular complexity index is 597. The van der Waals surface area contributed by atoms with Gasteiger partial charge in [-0.1, -0.05) is 23.2 Å². The third kappa shape index (κ3) is 3.20. The molecule has 1 aromatic rings. The molecule has 1 atom stereocenters. The van der Waals surface area contributed by atoms with Crippen LogP contribution in [0.3, 0.4) is 0 Å². The molecule has 0 aliphatic carbocycles. The number of halogens is 2. The molecule has 1 aliphatic rings. The number of hydrogen-bond acceptors (Lipinski definition) is 4. The van der Waals surface area contributed by atoms with Gasteiger partial charge in [0.2, 0.25) is 0 Å². The normalized spacial score (nSPS) is 20.0. The molecule has 1 heterocycles. The Kier molecular flexibility index (Phi) is 4.06. The summed E-state index contributed by atoms with van der Waals surface area (Å²) in [5, 5.41) is 9.33. The van der Waals surface area contributed by atoms with E-state index in [1.54, 1.807) is 0 Å². The summed E-state index contributed by atoms with van der Waals surface area (Å²) < 4.78 is 24.3. The van der Waals surface area contributed by atoms with Crippen LogP contribution >= 0.6 is 23.2 Å². The van der Waals surface area contributed by atoms with Gasteiger partial charge < -0.3 is 5.11 Å². The molecular weight excluding hydrogens is 313 g/mol. The summed E-state index contributed by atoms with van der Waals surface area (Å²) in [6.45, 7) is 0.449. The molecule has 1 aliphatic heterocycles. The van der Waals surface area contributed by atoms with Gasteiger partial charge in [0, 0.05) is 16.6 Å². The first-order valence-corrected chi connectivity index (χ1v) is 7.86. The van der Waals surface area contributed by atoms with Gasteiger partial charge in [-0.25, -0.2) is 8.42 Å². The zero-order valence-corrected chi connectivity index (χ0v) is 12.0. The lowest BCUT2D eigenvalue weighted by atomic mass is 10.1. The van der Waals surface area contributed by atoms with E-state index in [4.69, 9.17) is 28.3 Å². The van der Waals surface area contributed by atoms with Gasteiger partial charge in [0.05, 0.1) is 4.90 Å². The SMILES string of the molecule is O=C(O)C1CCN1CS(=O)(=O)c1cc(Cl)cc(Cl)c1. The largest absolute Gasteiger partial charge is 0.480 e. The van der Waals surface area contributed by atoms with Crippen molar-refractivity contribution in [3.8, 4) is 0 Å². The van der Waals surface area contributed by atoms with Crippen LogP contribution < -0.4 is 0 Å². The van der Waals surface area contributed by atoms with Crippen molar-refractivity contribution in [1.82, 2.24) is 4.90 Å². The van der Waals surface area contributed by atoms with E-state index in [1.165, 1.54) is 23.1 Å². The van der Waals surface area contributed by atoms with Crippen molar-refractivity contribution in [2.45, 2.75) is 17.4 Å². The molecule has 19 heavy (non-hydrogen) atoms. The second-order valence-electron chi connectivity index (χ2n) is 4.30. The van der Waals surface area contributed by atoms with E-state index >= 15 is 0 Å². The quantitative estimate of drug-likeness (QED) is 0.915. The van der Waals surface area contributed by atoms with Crippen LogP contribution in [-0.4, -0.2) is 42.9 Å². The second-order valence-corrected chi connectivity index (χ2v) is 7.14. The average molecular weight is 324 g/mol. The van der Waals surface area contributed by atoms with Crippen molar-refractivity contribution >= 4 is 39.0 Å². The number of aliphatic carboxylic acids is 1. The van der Waals surface area contributed by atoms with Crippen LogP contribution in [0.15, 0.2) is 23.1 Å². The Morgan fingerprint density at radius 1 is 1.32 bits per heavy atom. The maximum absolute atomic E-state index is 12.2. The van der Waals surface area contributed by atoms with Crippen molar-refractivity contribution < 1.29 is 18.3 Å². The summed E-state index contributed by atoms with van der Waals surface area (Å²) in [6, 6.07) is 3.31. The molecule has 104 valence electrons. The van der Waals surface area contributed by atoms with Crippen LogP contribution in [0, 0.1) is 0 Å². The molecule has 8 heteroatoms. The molecule has 1 fully saturated rings. The molecule has 0 spiro atoms. The zero-order valence-electron chi connectivity index (χ0n) is 9.71. The van der Waals surface area contributed by atoms with Gasteiger partial charge in [-0.05, 0) is 24.6 Å². The first-order chi connectivity index (χ1) is 8.79. The van der Waals surface area contributed by atoms with Gasteiger partial charge in [0.15, 0.2) is 9.84 Å². The zero-order chi connectivity index (χ0) is 14.2. The summed E-state index contributed by atoms with van der Waals surface area (Å²) >= 11 is 11.5. The number of carboxylic acids is 1. The monoisotopic (exact) mass is 323 g/mol. The molecule has 0 amide bonds.